The molecule has 0 fully saturated rings. The maximum atomic E-state index is 11.5. The van der Waals surface area contributed by atoms with Gasteiger partial charge in [-0.2, -0.15) is 0 Å². The molecule has 0 spiro atoms. The van der Waals surface area contributed by atoms with Crippen LogP contribution >= 0.6 is 0 Å². The molecule has 0 saturated carbocycles. The molecule has 118 valence electrons. The highest BCUT2D eigenvalue weighted by atomic mass is 16.5. The summed E-state index contributed by atoms with van der Waals surface area (Å²) in [6.07, 6.45) is 2.56. The maximum Gasteiger partial charge on any atom is 0.338 e. The van der Waals surface area contributed by atoms with Crippen molar-refractivity contribution in [1.82, 2.24) is 5.32 Å². The highest BCUT2D eigenvalue weighted by Gasteiger charge is 2.05. The second kappa shape index (κ2) is 8.89. The van der Waals surface area contributed by atoms with Crippen molar-refractivity contribution in [3.05, 3.63) is 54.0 Å². The highest BCUT2D eigenvalue weighted by Crippen LogP contribution is 2.13. The number of furan rings is 1. The lowest BCUT2D eigenvalue weighted by Crippen LogP contribution is -2.16. The Kier molecular flexibility index (Phi) is 6.51. The van der Waals surface area contributed by atoms with Gasteiger partial charge in [0.1, 0.15) is 11.5 Å². The van der Waals surface area contributed by atoms with Gasteiger partial charge in [0.05, 0.1) is 31.6 Å². The van der Waals surface area contributed by atoms with E-state index in [1.165, 1.54) is 0 Å². The molecule has 2 aromatic rings. The Morgan fingerprint density at radius 1 is 1.23 bits per heavy atom. The van der Waals surface area contributed by atoms with Crippen molar-refractivity contribution in [3.63, 3.8) is 0 Å². The average Bonchev–Trinajstić information content (AvgIpc) is 3.05. The van der Waals surface area contributed by atoms with E-state index in [0.717, 1.165) is 31.0 Å². The van der Waals surface area contributed by atoms with E-state index in [-0.39, 0.29) is 5.97 Å². The molecule has 0 atom stereocenters. The zero-order valence-corrected chi connectivity index (χ0v) is 12.7. The van der Waals surface area contributed by atoms with Gasteiger partial charge in [-0.1, -0.05) is 0 Å². The first-order valence-corrected chi connectivity index (χ1v) is 7.42. The topological polar surface area (TPSA) is 60.7 Å². The maximum absolute atomic E-state index is 11.5. The van der Waals surface area contributed by atoms with E-state index < -0.39 is 0 Å². The second-order valence-corrected chi connectivity index (χ2v) is 4.70. The quantitative estimate of drug-likeness (QED) is 0.570. The van der Waals surface area contributed by atoms with Crippen LogP contribution in [0.25, 0.3) is 0 Å². The third-order valence-electron chi connectivity index (χ3n) is 3.01. The van der Waals surface area contributed by atoms with Gasteiger partial charge in [0.15, 0.2) is 0 Å². The van der Waals surface area contributed by atoms with Gasteiger partial charge in [-0.05, 0) is 56.3 Å². The Hall–Kier alpha value is -2.27. The van der Waals surface area contributed by atoms with E-state index in [2.05, 4.69) is 5.32 Å². The third-order valence-corrected chi connectivity index (χ3v) is 3.01. The normalized spacial score (nSPS) is 10.4. The summed E-state index contributed by atoms with van der Waals surface area (Å²) in [5.41, 5.74) is 0.536. The predicted octanol–water partition coefficient (Wildman–Crippen LogP) is 3.02. The number of carbonyl (C=O) groups is 1. The predicted molar refractivity (Wildman–Crippen MR) is 82.9 cm³/mol. The molecule has 0 saturated heterocycles. The van der Waals surface area contributed by atoms with Crippen LogP contribution in [0.3, 0.4) is 0 Å². The molecule has 0 aliphatic carbocycles. The molecule has 5 nitrogen and oxygen atoms in total. The van der Waals surface area contributed by atoms with E-state index in [9.17, 15) is 4.79 Å². The largest absolute Gasteiger partial charge is 0.494 e. The van der Waals surface area contributed by atoms with Gasteiger partial charge in [-0.3, -0.25) is 0 Å². The molecule has 22 heavy (non-hydrogen) atoms. The summed E-state index contributed by atoms with van der Waals surface area (Å²) in [5.74, 6) is 1.37. The van der Waals surface area contributed by atoms with Crippen molar-refractivity contribution < 1.29 is 18.7 Å². The molecule has 0 amide bonds. The number of benzene rings is 1. The number of esters is 1. The first-order chi connectivity index (χ1) is 10.8. The molecule has 1 aromatic heterocycles. The smallest absolute Gasteiger partial charge is 0.338 e. The van der Waals surface area contributed by atoms with Crippen LogP contribution in [0.2, 0.25) is 0 Å². The number of hydrogen-bond donors (Lipinski definition) is 1. The first kappa shape index (κ1) is 16.1. The van der Waals surface area contributed by atoms with Gasteiger partial charge < -0.3 is 19.2 Å². The molecule has 0 radical (unpaired) electrons. The Balaban J connectivity index is 1.61. The van der Waals surface area contributed by atoms with Gasteiger partial charge in [0.2, 0.25) is 0 Å². The molecule has 0 aliphatic heterocycles. The zero-order valence-electron chi connectivity index (χ0n) is 12.7. The van der Waals surface area contributed by atoms with Crippen molar-refractivity contribution in [2.75, 3.05) is 19.8 Å². The lowest BCUT2D eigenvalue weighted by Gasteiger charge is -2.07. The van der Waals surface area contributed by atoms with Gasteiger partial charge in [-0.25, -0.2) is 4.79 Å². The Labute approximate surface area is 130 Å². The number of rotatable bonds is 9. The standard InChI is InChI=1S/C17H21NO4/c1-2-20-17(19)14-6-8-15(9-7-14)21-12-4-10-18-13-16-5-3-11-22-16/h3,5-9,11,18H,2,4,10,12-13H2,1H3. The molecule has 2 rings (SSSR count). The van der Waals surface area contributed by atoms with Crippen LogP contribution in [0.1, 0.15) is 29.5 Å². The van der Waals surface area contributed by atoms with Crippen molar-refractivity contribution in [3.8, 4) is 5.75 Å². The van der Waals surface area contributed by atoms with Crippen molar-refractivity contribution in [2.24, 2.45) is 0 Å². The molecular weight excluding hydrogens is 282 g/mol. The molecule has 0 bridgehead atoms. The lowest BCUT2D eigenvalue weighted by atomic mass is 10.2. The summed E-state index contributed by atoms with van der Waals surface area (Å²) in [4.78, 5) is 11.5. The Morgan fingerprint density at radius 3 is 2.73 bits per heavy atom. The summed E-state index contributed by atoms with van der Waals surface area (Å²) in [5, 5.41) is 3.28. The molecule has 0 unspecified atom stereocenters. The number of carbonyl (C=O) groups excluding carboxylic acids is 1. The minimum absolute atomic E-state index is 0.309. The molecule has 1 heterocycles. The van der Waals surface area contributed by atoms with Crippen LogP contribution < -0.4 is 10.1 Å². The zero-order chi connectivity index (χ0) is 15.6. The number of ether oxygens (including phenoxy) is 2. The molecule has 5 heteroatoms. The van der Waals surface area contributed by atoms with E-state index in [1.807, 2.05) is 12.1 Å². The molecule has 1 aromatic carbocycles. The van der Waals surface area contributed by atoms with Crippen LogP contribution in [0, 0.1) is 0 Å². The fraction of sp³-hybridized carbons (Fsp3) is 0.353. The average molecular weight is 303 g/mol. The summed E-state index contributed by atoms with van der Waals surface area (Å²) in [6.45, 7) is 4.35. The minimum atomic E-state index is -0.309. The van der Waals surface area contributed by atoms with Crippen LogP contribution in [-0.2, 0) is 11.3 Å². The fourth-order valence-electron chi connectivity index (χ4n) is 1.91. The summed E-state index contributed by atoms with van der Waals surface area (Å²) >= 11 is 0. The van der Waals surface area contributed by atoms with E-state index >= 15 is 0 Å². The monoisotopic (exact) mass is 303 g/mol. The van der Waals surface area contributed by atoms with Crippen molar-refractivity contribution in [1.29, 1.82) is 0 Å². The third kappa shape index (κ3) is 5.26. The van der Waals surface area contributed by atoms with Crippen molar-refractivity contribution >= 4 is 5.97 Å². The Bertz CT molecular complexity index is 549. The first-order valence-electron chi connectivity index (χ1n) is 7.42. The summed E-state index contributed by atoms with van der Waals surface area (Å²) < 4.78 is 15.8. The van der Waals surface area contributed by atoms with Gasteiger partial charge in [0, 0.05) is 0 Å². The highest BCUT2D eigenvalue weighted by molar-refractivity contribution is 5.89. The van der Waals surface area contributed by atoms with Crippen LogP contribution in [0.4, 0.5) is 0 Å². The molecule has 1 N–H and O–H groups in total. The van der Waals surface area contributed by atoms with Crippen LogP contribution in [-0.4, -0.2) is 25.7 Å². The van der Waals surface area contributed by atoms with Gasteiger partial charge in [-0.15, -0.1) is 0 Å². The fourth-order valence-corrected chi connectivity index (χ4v) is 1.91. The van der Waals surface area contributed by atoms with E-state index in [0.29, 0.717) is 18.8 Å². The van der Waals surface area contributed by atoms with E-state index in [4.69, 9.17) is 13.9 Å². The lowest BCUT2D eigenvalue weighted by molar-refractivity contribution is 0.0526. The minimum Gasteiger partial charge on any atom is -0.494 e. The van der Waals surface area contributed by atoms with Crippen LogP contribution in [0.5, 0.6) is 5.75 Å². The van der Waals surface area contributed by atoms with Crippen LogP contribution in [0.15, 0.2) is 47.1 Å². The Morgan fingerprint density at radius 2 is 2.05 bits per heavy atom. The SMILES string of the molecule is CCOC(=O)c1ccc(OCCCNCc2ccco2)cc1. The summed E-state index contributed by atoms with van der Waals surface area (Å²) in [6, 6.07) is 10.8. The number of hydrogen-bond acceptors (Lipinski definition) is 5. The van der Waals surface area contributed by atoms with Gasteiger partial charge in [0.25, 0.3) is 0 Å². The molecule has 0 aliphatic rings. The molecular formula is C17H21NO4. The number of nitrogens with one attached hydrogen (secondary N) is 1. The van der Waals surface area contributed by atoms with Gasteiger partial charge >= 0.3 is 5.97 Å². The second-order valence-electron chi connectivity index (χ2n) is 4.70. The van der Waals surface area contributed by atoms with Crippen molar-refractivity contribution in [2.45, 2.75) is 19.9 Å². The van der Waals surface area contributed by atoms with E-state index in [1.54, 1.807) is 37.5 Å². The summed E-state index contributed by atoms with van der Waals surface area (Å²) in [7, 11) is 0.